The van der Waals surface area contributed by atoms with E-state index in [0.717, 1.165) is 5.92 Å². The van der Waals surface area contributed by atoms with Crippen molar-refractivity contribution in [3.8, 4) is 0 Å². The molecule has 0 aliphatic rings. The van der Waals surface area contributed by atoms with Gasteiger partial charge in [-0.25, -0.2) is 0 Å². The van der Waals surface area contributed by atoms with Gasteiger partial charge in [0.2, 0.25) is 0 Å². The molecule has 0 N–H and O–H groups in total. The van der Waals surface area contributed by atoms with Crippen molar-refractivity contribution in [3.05, 3.63) is 11.6 Å². The molecule has 0 nitrogen and oxygen atoms in total. The Morgan fingerprint density at radius 3 is 1.79 bits per heavy atom. The average molecular weight is 200 g/mol. The molecule has 0 aliphatic carbocycles. The highest BCUT2D eigenvalue weighted by atomic mass is 14.0. The minimum absolute atomic E-state index is 0.899. The monoisotopic (exact) mass is 200 g/mol. The first-order valence-electron chi connectivity index (χ1n) is 6.30. The zero-order chi connectivity index (χ0) is 12.0. The van der Waals surface area contributed by atoms with Crippen LogP contribution in [0.4, 0.5) is 0 Å². The van der Waals surface area contributed by atoms with E-state index in [1.807, 2.05) is 27.7 Å². The summed E-state index contributed by atoms with van der Waals surface area (Å²) in [5.74, 6) is 0.899. The molecule has 88 valence electrons. The van der Waals surface area contributed by atoms with Gasteiger partial charge in [-0.15, -0.1) is 0 Å². The lowest BCUT2D eigenvalue weighted by atomic mass is 10.0. The Morgan fingerprint density at radius 2 is 1.50 bits per heavy atom. The molecule has 0 aromatic carbocycles. The second kappa shape index (κ2) is 18.5. The van der Waals surface area contributed by atoms with Gasteiger partial charge in [-0.3, -0.25) is 0 Å². The summed E-state index contributed by atoms with van der Waals surface area (Å²) >= 11 is 0. The predicted octanol–water partition coefficient (Wildman–Crippen LogP) is 5.83. The molecule has 0 bridgehead atoms. The van der Waals surface area contributed by atoms with Crippen LogP contribution >= 0.6 is 0 Å². The SMILES string of the molecule is CC.CC.CCC(C)CCC=C(C)C. The normalized spacial score (nSPS) is 10.0. The van der Waals surface area contributed by atoms with Crippen molar-refractivity contribution in [1.82, 2.24) is 0 Å². The maximum atomic E-state index is 2.33. The van der Waals surface area contributed by atoms with E-state index in [4.69, 9.17) is 0 Å². The Labute approximate surface area is 92.8 Å². The Kier molecular flexibility index (Phi) is 25.6. The number of hydrogen-bond donors (Lipinski definition) is 0. The van der Waals surface area contributed by atoms with E-state index in [0.29, 0.717) is 0 Å². The highest BCUT2D eigenvalue weighted by molar-refractivity contribution is 4.92. The van der Waals surface area contributed by atoms with E-state index in [-0.39, 0.29) is 0 Å². The highest BCUT2D eigenvalue weighted by Crippen LogP contribution is 2.10. The Balaban J connectivity index is -0.000000266. The second-order valence-electron chi connectivity index (χ2n) is 3.37. The molecule has 0 heterocycles. The molecular formula is C14H32. The number of hydrogen-bond acceptors (Lipinski definition) is 0. The first-order chi connectivity index (χ1) is 6.66. The fourth-order valence-corrected chi connectivity index (χ4v) is 0.861. The summed E-state index contributed by atoms with van der Waals surface area (Å²) in [6.45, 7) is 16.9. The van der Waals surface area contributed by atoms with Crippen LogP contribution in [0, 0.1) is 5.92 Å². The molecule has 0 heteroatoms. The fraction of sp³-hybridized carbons (Fsp3) is 0.857. The van der Waals surface area contributed by atoms with Gasteiger partial charge in [0.15, 0.2) is 0 Å². The molecule has 14 heavy (non-hydrogen) atoms. The predicted molar refractivity (Wildman–Crippen MR) is 70.8 cm³/mol. The van der Waals surface area contributed by atoms with Gasteiger partial charge in [-0.05, 0) is 32.6 Å². The Morgan fingerprint density at radius 1 is 1.07 bits per heavy atom. The quantitative estimate of drug-likeness (QED) is 0.501. The van der Waals surface area contributed by atoms with Crippen LogP contribution in [0.25, 0.3) is 0 Å². The third kappa shape index (κ3) is 22.6. The van der Waals surface area contributed by atoms with Gasteiger partial charge in [0.05, 0.1) is 0 Å². The Bertz CT molecular complexity index is 96.6. The van der Waals surface area contributed by atoms with Gasteiger partial charge in [0.1, 0.15) is 0 Å². The van der Waals surface area contributed by atoms with Crippen molar-refractivity contribution >= 4 is 0 Å². The fourth-order valence-electron chi connectivity index (χ4n) is 0.861. The lowest BCUT2D eigenvalue weighted by Gasteiger charge is -2.04. The summed E-state index contributed by atoms with van der Waals surface area (Å²) in [6.07, 6.45) is 6.25. The molecular weight excluding hydrogens is 168 g/mol. The maximum absolute atomic E-state index is 2.33. The van der Waals surface area contributed by atoms with Crippen LogP contribution in [0.15, 0.2) is 11.6 Å². The van der Waals surface area contributed by atoms with Crippen molar-refractivity contribution in [1.29, 1.82) is 0 Å². The van der Waals surface area contributed by atoms with E-state index in [1.54, 1.807) is 0 Å². The van der Waals surface area contributed by atoms with Gasteiger partial charge in [0, 0.05) is 0 Å². The molecule has 0 aromatic heterocycles. The molecule has 0 saturated carbocycles. The van der Waals surface area contributed by atoms with Crippen molar-refractivity contribution in [3.63, 3.8) is 0 Å². The second-order valence-corrected chi connectivity index (χ2v) is 3.37. The third-order valence-corrected chi connectivity index (χ3v) is 1.91. The van der Waals surface area contributed by atoms with Crippen molar-refractivity contribution in [2.75, 3.05) is 0 Å². The van der Waals surface area contributed by atoms with Crippen LogP contribution in [0.5, 0.6) is 0 Å². The zero-order valence-electron chi connectivity index (χ0n) is 11.8. The van der Waals surface area contributed by atoms with Gasteiger partial charge in [0.25, 0.3) is 0 Å². The standard InChI is InChI=1S/C10H20.2C2H6/c1-5-10(4)8-6-7-9(2)3;2*1-2/h7,10H,5-6,8H2,1-4H3;2*1-2H3. The lowest BCUT2D eigenvalue weighted by molar-refractivity contribution is 0.521. The minimum atomic E-state index is 0.899. The van der Waals surface area contributed by atoms with Gasteiger partial charge in [-0.1, -0.05) is 59.6 Å². The van der Waals surface area contributed by atoms with Gasteiger partial charge in [-0.2, -0.15) is 0 Å². The van der Waals surface area contributed by atoms with Crippen molar-refractivity contribution in [2.24, 2.45) is 5.92 Å². The molecule has 0 amide bonds. The summed E-state index contributed by atoms with van der Waals surface area (Å²) in [5.41, 5.74) is 1.45. The summed E-state index contributed by atoms with van der Waals surface area (Å²) < 4.78 is 0. The van der Waals surface area contributed by atoms with E-state index in [2.05, 4.69) is 33.8 Å². The summed E-state index contributed by atoms with van der Waals surface area (Å²) in [4.78, 5) is 0. The summed E-state index contributed by atoms with van der Waals surface area (Å²) in [7, 11) is 0. The van der Waals surface area contributed by atoms with Crippen molar-refractivity contribution in [2.45, 2.75) is 74.7 Å². The van der Waals surface area contributed by atoms with Crippen LogP contribution in [0.1, 0.15) is 74.7 Å². The van der Waals surface area contributed by atoms with E-state index in [1.165, 1.54) is 24.8 Å². The zero-order valence-corrected chi connectivity index (χ0v) is 11.8. The molecule has 0 rings (SSSR count). The Hall–Kier alpha value is -0.260. The minimum Gasteiger partial charge on any atom is -0.0859 e. The summed E-state index contributed by atoms with van der Waals surface area (Å²) in [5, 5.41) is 0. The molecule has 0 radical (unpaired) electrons. The molecule has 0 spiro atoms. The molecule has 0 aliphatic heterocycles. The molecule has 0 aromatic rings. The smallest absolute Gasteiger partial charge is 0.0346 e. The molecule has 0 saturated heterocycles. The van der Waals surface area contributed by atoms with E-state index in [9.17, 15) is 0 Å². The van der Waals surface area contributed by atoms with Gasteiger partial charge >= 0.3 is 0 Å². The third-order valence-electron chi connectivity index (χ3n) is 1.91. The van der Waals surface area contributed by atoms with E-state index < -0.39 is 0 Å². The maximum Gasteiger partial charge on any atom is -0.0346 e. The van der Waals surface area contributed by atoms with Crippen LogP contribution in [0.2, 0.25) is 0 Å². The van der Waals surface area contributed by atoms with Crippen LogP contribution in [0.3, 0.4) is 0 Å². The topological polar surface area (TPSA) is 0 Å². The largest absolute Gasteiger partial charge is 0.0859 e. The lowest BCUT2D eigenvalue weighted by Crippen LogP contribution is -1.89. The van der Waals surface area contributed by atoms with Crippen LogP contribution in [-0.2, 0) is 0 Å². The molecule has 0 fully saturated rings. The summed E-state index contributed by atoms with van der Waals surface area (Å²) in [6, 6.07) is 0. The van der Waals surface area contributed by atoms with E-state index >= 15 is 0 Å². The molecule has 1 unspecified atom stereocenters. The van der Waals surface area contributed by atoms with Crippen LogP contribution in [-0.4, -0.2) is 0 Å². The number of allylic oxidation sites excluding steroid dienone is 2. The first kappa shape index (κ1) is 19.3. The van der Waals surface area contributed by atoms with Crippen LogP contribution < -0.4 is 0 Å². The number of rotatable bonds is 4. The molecule has 1 atom stereocenters. The highest BCUT2D eigenvalue weighted by Gasteiger charge is 1.94. The average Bonchev–Trinajstić information content (AvgIpc) is 2.23. The first-order valence-corrected chi connectivity index (χ1v) is 6.30. The van der Waals surface area contributed by atoms with Gasteiger partial charge < -0.3 is 0 Å². The van der Waals surface area contributed by atoms with Crippen molar-refractivity contribution < 1.29 is 0 Å².